The molecule has 1 aromatic heterocycles. The first-order chi connectivity index (χ1) is 8.75. The summed E-state index contributed by atoms with van der Waals surface area (Å²) in [6.07, 6.45) is -3.61. The summed E-state index contributed by atoms with van der Waals surface area (Å²) in [6.45, 7) is 3.42. The van der Waals surface area contributed by atoms with Crippen LogP contribution in [0.15, 0.2) is 0 Å². The first-order valence-electron chi connectivity index (χ1n) is 5.25. The average Bonchev–Trinajstić information content (AvgIpc) is 2.63. The number of hydrogen-bond donors (Lipinski definition) is 1. The quantitative estimate of drug-likeness (QED) is 0.866. The summed E-state index contributed by atoms with van der Waals surface area (Å²) in [5, 5.41) is 10.5. The van der Waals surface area contributed by atoms with E-state index < -0.39 is 18.3 Å². The molecule has 0 aromatic carbocycles. The third-order valence-electron chi connectivity index (χ3n) is 2.48. The molecule has 0 aliphatic heterocycles. The Balaban J connectivity index is 3.08. The minimum atomic E-state index is -4.78. The van der Waals surface area contributed by atoms with Crippen molar-refractivity contribution >= 4 is 22.2 Å². The minimum absolute atomic E-state index is 0.0448. The van der Waals surface area contributed by atoms with E-state index in [1.807, 2.05) is 0 Å². The summed E-state index contributed by atoms with van der Waals surface area (Å²) in [5.74, 6) is -6.89. The molecule has 0 bridgehead atoms. The monoisotopic (exact) mass is 294 g/mol. The maximum atomic E-state index is 12.8. The number of halogens is 4. The molecular formula is C11H10F4N2OS. The number of rotatable bonds is 4. The van der Waals surface area contributed by atoms with Crippen molar-refractivity contribution in [1.82, 2.24) is 0 Å². The fraction of sp³-hybridized carbons (Fsp3) is 0.455. The van der Waals surface area contributed by atoms with E-state index in [1.54, 1.807) is 25.2 Å². The lowest BCUT2D eigenvalue weighted by molar-refractivity contribution is -0.163. The number of aryl methyl sites for hydroxylation is 1. The van der Waals surface area contributed by atoms with Crippen LogP contribution in [-0.4, -0.2) is 18.3 Å². The summed E-state index contributed by atoms with van der Waals surface area (Å²) in [7, 11) is 0. The first kappa shape index (κ1) is 15.4. The van der Waals surface area contributed by atoms with Crippen LogP contribution < -0.4 is 5.32 Å². The van der Waals surface area contributed by atoms with E-state index in [0.717, 1.165) is 11.3 Å². The van der Waals surface area contributed by atoms with Crippen LogP contribution in [0, 0.1) is 18.3 Å². The van der Waals surface area contributed by atoms with Gasteiger partial charge in [0.05, 0.1) is 5.56 Å². The lowest BCUT2D eigenvalue weighted by Crippen LogP contribution is -2.40. The van der Waals surface area contributed by atoms with Crippen LogP contribution in [0.5, 0.6) is 0 Å². The largest absolute Gasteiger partial charge is 0.383 e. The summed E-state index contributed by atoms with van der Waals surface area (Å²) in [6, 6.07) is 1.79. The molecule has 0 spiro atoms. The predicted molar refractivity (Wildman–Crippen MR) is 62.7 cm³/mol. The number of nitriles is 1. The smallest absolute Gasteiger partial charge is 0.311 e. The van der Waals surface area contributed by atoms with E-state index in [9.17, 15) is 22.4 Å². The first-order valence-corrected chi connectivity index (χ1v) is 6.07. The van der Waals surface area contributed by atoms with E-state index in [-0.39, 0.29) is 10.6 Å². The van der Waals surface area contributed by atoms with Gasteiger partial charge in [0.25, 0.3) is 0 Å². The Hall–Kier alpha value is -1.62. The van der Waals surface area contributed by atoms with Crippen molar-refractivity contribution in [2.45, 2.75) is 32.6 Å². The Bertz CT molecular complexity index is 534. The summed E-state index contributed by atoms with van der Waals surface area (Å²) in [4.78, 5) is 11.8. The van der Waals surface area contributed by atoms with Crippen LogP contribution in [0.3, 0.4) is 0 Å². The van der Waals surface area contributed by atoms with Gasteiger partial charge in [0.1, 0.15) is 11.1 Å². The number of amides is 1. The zero-order valence-corrected chi connectivity index (χ0v) is 10.9. The van der Waals surface area contributed by atoms with Crippen LogP contribution in [0.4, 0.5) is 22.6 Å². The van der Waals surface area contributed by atoms with Crippen molar-refractivity contribution in [3.8, 4) is 6.07 Å². The van der Waals surface area contributed by atoms with Gasteiger partial charge in [-0.2, -0.15) is 14.0 Å². The standard InChI is InChI=1S/C11H10F4N2OS/c1-3-6-5(2)19-8(7(6)4-16)17-10(18)11(14,15)9(12)13/h9H,3H2,1-2H3,(H,17,18). The van der Waals surface area contributed by atoms with Crippen molar-refractivity contribution in [1.29, 1.82) is 5.26 Å². The summed E-state index contributed by atoms with van der Waals surface area (Å²) in [5.41, 5.74) is 0.659. The zero-order chi connectivity index (χ0) is 14.8. The van der Waals surface area contributed by atoms with Gasteiger partial charge in [0.15, 0.2) is 0 Å². The normalized spacial score (nSPS) is 11.5. The number of carbonyl (C=O) groups is 1. The number of nitrogens with zero attached hydrogens (tertiary/aromatic N) is 1. The number of thiophene rings is 1. The Kier molecular flexibility index (Phi) is 4.52. The lowest BCUT2D eigenvalue weighted by Gasteiger charge is -2.14. The van der Waals surface area contributed by atoms with Gasteiger partial charge in [-0.3, -0.25) is 4.79 Å². The van der Waals surface area contributed by atoms with Gasteiger partial charge < -0.3 is 5.32 Å². The number of anilines is 1. The molecule has 0 radical (unpaired) electrons. The van der Waals surface area contributed by atoms with Crippen molar-refractivity contribution in [3.05, 3.63) is 16.0 Å². The van der Waals surface area contributed by atoms with Gasteiger partial charge in [0, 0.05) is 4.88 Å². The maximum Gasteiger partial charge on any atom is 0.383 e. The molecule has 0 aliphatic rings. The predicted octanol–water partition coefficient (Wildman–Crippen LogP) is 3.33. The molecule has 19 heavy (non-hydrogen) atoms. The SMILES string of the molecule is CCc1c(C)sc(NC(=O)C(F)(F)C(F)F)c1C#N. The topological polar surface area (TPSA) is 52.9 Å². The Labute approximate surface area is 110 Å². The Morgan fingerprint density at radius 3 is 2.53 bits per heavy atom. The summed E-state index contributed by atoms with van der Waals surface area (Å²) >= 11 is 0.914. The summed E-state index contributed by atoms with van der Waals surface area (Å²) < 4.78 is 49.7. The van der Waals surface area contributed by atoms with Crippen LogP contribution >= 0.6 is 11.3 Å². The van der Waals surface area contributed by atoms with Gasteiger partial charge in [-0.05, 0) is 18.9 Å². The zero-order valence-electron chi connectivity index (χ0n) is 10.1. The van der Waals surface area contributed by atoms with Crippen molar-refractivity contribution in [3.63, 3.8) is 0 Å². The number of carbonyl (C=O) groups excluding carboxylic acids is 1. The molecule has 1 aromatic rings. The van der Waals surface area contributed by atoms with E-state index in [2.05, 4.69) is 0 Å². The van der Waals surface area contributed by atoms with E-state index >= 15 is 0 Å². The molecule has 1 rings (SSSR count). The Morgan fingerprint density at radius 1 is 1.53 bits per heavy atom. The molecule has 0 aliphatic carbocycles. The lowest BCUT2D eigenvalue weighted by atomic mass is 10.1. The molecule has 0 saturated heterocycles. The molecule has 8 heteroatoms. The molecule has 1 amide bonds. The molecule has 0 unspecified atom stereocenters. The molecule has 1 heterocycles. The highest BCUT2D eigenvalue weighted by atomic mass is 32.1. The average molecular weight is 294 g/mol. The molecule has 0 fully saturated rings. The van der Waals surface area contributed by atoms with Crippen molar-refractivity contribution < 1.29 is 22.4 Å². The molecular weight excluding hydrogens is 284 g/mol. The molecule has 0 atom stereocenters. The molecule has 3 nitrogen and oxygen atoms in total. The highest BCUT2D eigenvalue weighted by molar-refractivity contribution is 7.16. The van der Waals surface area contributed by atoms with Crippen LogP contribution in [0.25, 0.3) is 0 Å². The molecule has 0 saturated carbocycles. The number of nitrogens with one attached hydrogen (secondary N) is 1. The maximum absolute atomic E-state index is 12.8. The highest BCUT2D eigenvalue weighted by Crippen LogP contribution is 2.34. The fourth-order valence-corrected chi connectivity index (χ4v) is 2.59. The van der Waals surface area contributed by atoms with E-state index in [1.165, 1.54) is 0 Å². The second kappa shape index (κ2) is 5.57. The van der Waals surface area contributed by atoms with Crippen LogP contribution in [0.1, 0.15) is 22.9 Å². The van der Waals surface area contributed by atoms with Crippen molar-refractivity contribution in [2.24, 2.45) is 0 Å². The second-order valence-electron chi connectivity index (χ2n) is 3.68. The van der Waals surface area contributed by atoms with Crippen LogP contribution in [0.2, 0.25) is 0 Å². The fourth-order valence-electron chi connectivity index (χ4n) is 1.50. The van der Waals surface area contributed by atoms with E-state index in [0.29, 0.717) is 16.9 Å². The van der Waals surface area contributed by atoms with Gasteiger partial charge in [-0.1, -0.05) is 6.92 Å². The number of hydrogen-bond acceptors (Lipinski definition) is 3. The highest BCUT2D eigenvalue weighted by Gasteiger charge is 2.49. The van der Waals surface area contributed by atoms with E-state index in [4.69, 9.17) is 5.26 Å². The van der Waals surface area contributed by atoms with Crippen molar-refractivity contribution in [2.75, 3.05) is 5.32 Å². The third kappa shape index (κ3) is 2.87. The minimum Gasteiger partial charge on any atom is -0.311 e. The van der Waals surface area contributed by atoms with Gasteiger partial charge in [0.2, 0.25) is 0 Å². The third-order valence-corrected chi connectivity index (χ3v) is 3.54. The number of alkyl halides is 4. The second-order valence-corrected chi connectivity index (χ2v) is 4.91. The molecule has 1 N–H and O–H groups in total. The Morgan fingerprint density at radius 2 is 2.11 bits per heavy atom. The van der Waals surface area contributed by atoms with Gasteiger partial charge in [-0.15, -0.1) is 11.3 Å². The van der Waals surface area contributed by atoms with Crippen LogP contribution in [-0.2, 0) is 11.2 Å². The molecule has 104 valence electrons. The van der Waals surface area contributed by atoms with Gasteiger partial charge in [-0.25, -0.2) is 8.78 Å². The van der Waals surface area contributed by atoms with Gasteiger partial charge >= 0.3 is 18.3 Å².